The van der Waals surface area contributed by atoms with Crippen LogP contribution in [-0.4, -0.2) is 35.1 Å². The van der Waals surface area contributed by atoms with E-state index < -0.39 is 0 Å². The largest absolute Gasteiger partial charge is 0.369 e. The number of carbonyl (C=O) groups is 1. The smallest absolute Gasteiger partial charge is 0.220 e. The van der Waals surface area contributed by atoms with E-state index in [0.717, 1.165) is 37.0 Å². The van der Waals surface area contributed by atoms with Crippen molar-refractivity contribution in [1.82, 2.24) is 10.2 Å². The Morgan fingerprint density at radius 2 is 2.00 bits per heavy atom. The normalized spacial score (nSPS) is 33.7. The molecule has 4 nitrogen and oxygen atoms in total. The van der Waals surface area contributed by atoms with E-state index in [1.807, 2.05) is 0 Å². The first-order valence-electron chi connectivity index (χ1n) is 7.16. The maximum atomic E-state index is 11.1. The van der Waals surface area contributed by atoms with E-state index in [1.54, 1.807) is 0 Å². The minimum atomic E-state index is -0.170. The number of thiocarbonyl (C=S) groups is 1. The Bertz CT molecular complexity index is 415. The molecule has 1 amide bonds. The van der Waals surface area contributed by atoms with Crippen molar-refractivity contribution < 1.29 is 4.79 Å². The van der Waals surface area contributed by atoms with Crippen LogP contribution in [0.3, 0.4) is 0 Å². The van der Waals surface area contributed by atoms with Gasteiger partial charge in [0.1, 0.15) is 0 Å². The molecule has 0 spiro atoms. The van der Waals surface area contributed by atoms with Crippen molar-refractivity contribution in [3.05, 3.63) is 12.2 Å². The van der Waals surface area contributed by atoms with Crippen molar-refractivity contribution in [2.75, 3.05) is 13.1 Å². The second-order valence-electron chi connectivity index (χ2n) is 6.00. The molecule has 1 heterocycles. The molecule has 3 aliphatic rings. The van der Waals surface area contributed by atoms with Crippen molar-refractivity contribution in [3.8, 4) is 0 Å². The fraction of sp³-hybridized carbons (Fsp3) is 0.714. The third-order valence-corrected chi connectivity index (χ3v) is 5.15. The van der Waals surface area contributed by atoms with Crippen LogP contribution in [0.4, 0.5) is 0 Å². The molecule has 2 bridgehead atoms. The summed E-state index contributed by atoms with van der Waals surface area (Å²) in [6.45, 7) is 1.69. The van der Waals surface area contributed by atoms with Gasteiger partial charge in [-0.05, 0) is 49.7 Å². The van der Waals surface area contributed by atoms with Crippen LogP contribution >= 0.6 is 12.2 Å². The molecule has 104 valence electrons. The third kappa shape index (κ3) is 2.61. The lowest BCUT2D eigenvalue weighted by molar-refractivity contribution is -0.122. The van der Waals surface area contributed by atoms with Gasteiger partial charge in [-0.3, -0.25) is 4.79 Å². The summed E-state index contributed by atoms with van der Waals surface area (Å²) in [7, 11) is 0. The van der Waals surface area contributed by atoms with Crippen LogP contribution < -0.4 is 11.1 Å². The number of nitrogens with two attached hydrogens (primary N) is 1. The molecular weight excluding hydrogens is 258 g/mol. The Kier molecular flexibility index (Phi) is 3.48. The molecule has 19 heavy (non-hydrogen) atoms. The third-order valence-electron chi connectivity index (χ3n) is 4.77. The number of amides is 1. The Balaban J connectivity index is 1.49. The van der Waals surface area contributed by atoms with E-state index in [0.29, 0.717) is 12.0 Å². The molecule has 0 aromatic carbocycles. The van der Waals surface area contributed by atoms with Crippen LogP contribution in [0.2, 0.25) is 0 Å². The number of hydrogen-bond donors (Lipinski definition) is 2. The number of nitrogens with one attached hydrogen (secondary N) is 1. The molecule has 1 saturated heterocycles. The number of fused-ring (bicyclic) bond motifs is 2. The molecule has 2 fully saturated rings. The number of primary amides is 1. The molecular formula is C14H21N3OS. The zero-order chi connectivity index (χ0) is 13.4. The van der Waals surface area contributed by atoms with Crippen molar-refractivity contribution in [1.29, 1.82) is 0 Å². The molecule has 1 aliphatic heterocycles. The highest BCUT2D eigenvalue weighted by atomic mass is 32.1. The van der Waals surface area contributed by atoms with Crippen molar-refractivity contribution in [2.24, 2.45) is 23.5 Å². The van der Waals surface area contributed by atoms with Crippen LogP contribution in [0.1, 0.15) is 25.7 Å². The van der Waals surface area contributed by atoms with Crippen molar-refractivity contribution >= 4 is 23.2 Å². The van der Waals surface area contributed by atoms with Crippen LogP contribution in [-0.2, 0) is 4.79 Å². The van der Waals surface area contributed by atoms with Crippen LogP contribution in [0.15, 0.2) is 12.2 Å². The minimum Gasteiger partial charge on any atom is -0.369 e. The minimum absolute atomic E-state index is 0.0319. The average Bonchev–Trinajstić information content (AvgIpc) is 3.01. The van der Waals surface area contributed by atoms with Gasteiger partial charge in [0.2, 0.25) is 5.91 Å². The lowest BCUT2D eigenvalue weighted by Crippen LogP contribution is -2.49. The van der Waals surface area contributed by atoms with Gasteiger partial charge in [-0.2, -0.15) is 0 Å². The predicted octanol–water partition coefficient (Wildman–Crippen LogP) is 1.02. The summed E-state index contributed by atoms with van der Waals surface area (Å²) in [4.78, 5) is 13.3. The van der Waals surface area contributed by atoms with E-state index in [-0.39, 0.29) is 11.8 Å². The molecule has 0 aromatic rings. The number of nitrogens with zero attached hydrogens (tertiary/aromatic N) is 1. The molecule has 2 aliphatic carbocycles. The number of piperidine rings is 1. The predicted molar refractivity (Wildman–Crippen MR) is 78.4 cm³/mol. The average molecular weight is 279 g/mol. The first kappa shape index (κ1) is 12.9. The molecule has 3 rings (SSSR count). The Morgan fingerprint density at radius 3 is 2.53 bits per heavy atom. The van der Waals surface area contributed by atoms with Crippen LogP contribution in [0.25, 0.3) is 0 Å². The summed E-state index contributed by atoms with van der Waals surface area (Å²) in [5.41, 5.74) is 5.35. The first-order valence-corrected chi connectivity index (χ1v) is 7.57. The Morgan fingerprint density at radius 1 is 1.26 bits per heavy atom. The Labute approximate surface area is 119 Å². The molecule has 0 aromatic heterocycles. The summed E-state index contributed by atoms with van der Waals surface area (Å²) in [6, 6.07) is 0.511. The summed E-state index contributed by atoms with van der Waals surface area (Å²) in [6.07, 6.45) is 8.81. The quantitative estimate of drug-likeness (QED) is 0.585. The van der Waals surface area contributed by atoms with Gasteiger partial charge >= 0.3 is 0 Å². The van der Waals surface area contributed by atoms with Gasteiger partial charge in [0.25, 0.3) is 0 Å². The second-order valence-corrected chi connectivity index (χ2v) is 6.39. The van der Waals surface area contributed by atoms with E-state index in [9.17, 15) is 4.79 Å². The Hall–Kier alpha value is -1.10. The van der Waals surface area contributed by atoms with Gasteiger partial charge in [0, 0.05) is 25.0 Å². The van der Waals surface area contributed by atoms with Gasteiger partial charge in [0.05, 0.1) is 0 Å². The summed E-state index contributed by atoms with van der Waals surface area (Å²) < 4.78 is 0. The standard InChI is InChI=1S/C14H21N3OS/c15-13(18)10-3-5-17(6-4-10)14(19)16-12-8-9-1-2-11(12)7-9/h1-2,9-12H,3-8H2,(H2,15,18)(H,16,19)/t9-,11+,12+/m0/s1. The maximum Gasteiger partial charge on any atom is 0.220 e. The zero-order valence-electron chi connectivity index (χ0n) is 11.0. The fourth-order valence-corrected chi connectivity index (χ4v) is 3.90. The molecule has 5 heteroatoms. The second kappa shape index (κ2) is 5.12. The fourth-order valence-electron chi connectivity index (χ4n) is 3.56. The van der Waals surface area contributed by atoms with Gasteiger partial charge < -0.3 is 16.0 Å². The lowest BCUT2D eigenvalue weighted by atomic mass is 9.96. The monoisotopic (exact) mass is 279 g/mol. The highest BCUT2D eigenvalue weighted by Gasteiger charge is 2.36. The van der Waals surface area contributed by atoms with E-state index in [1.165, 1.54) is 12.8 Å². The first-order chi connectivity index (χ1) is 9.13. The molecule has 0 radical (unpaired) electrons. The van der Waals surface area contributed by atoms with Gasteiger partial charge in [-0.1, -0.05) is 12.2 Å². The summed E-state index contributed by atoms with van der Waals surface area (Å²) >= 11 is 5.51. The molecule has 1 saturated carbocycles. The SMILES string of the molecule is NC(=O)C1CCN(C(=S)N[C@@H]2C[C@H]3C=C[C@@H]2C3)CC1. The van der Waals surface area contributed by atoms with Gasteiger partial charge in [-0.25, -0.2) is 0 Å². The summed E-state index contributed by atoms with van der Waals surface area (Å²) in [5, 5.41) is 4.37. The molecule has 3 atom stereocenters. The van der Waals surface area contributed by atoms with Crippen LogP contribution in [0, 0.1) is 17.8 Å². The van der Waals surface area contributed by atoms with E-state index >= 15 is 0 Å². The number of allylic oxidation sites excluding steroid dienone is 1. The molecule has 0 unspecified atom stereocenters. The maximum absolute atomic E-state index is 11.1. The topological polar surface area (TPSA) is 58.4 Å². The number of hydrogen-bond acceptors (Lipinski definition) is 2. The van der Waals surface area contributed by atoms with E-state index in [2.05, 4.69) is 22.4 Å². The van der Waals surface area contributed by atoms with Crippen molar-refractivity contribution in [2.45, 2.75) is 31.7 Å². The van der Waals surface area contributed by atoms with Gasteiger partial charge in [-0.15, -0.1) is 0 Å². The van der Waals surface area contributed by atoms with Gasteiger partial charge in [0.15, 0.2) is 5.11 Å². The zero-order valence-corrected chi connectivity index (χ0v) is 11.9. The number of likely N-dealkylation sites (tertiary alicyclic amines) is 1. The number of carbonyl (C=O) groups excluding carboxylic acids is 1. The van der Waals surface area contributed by atoms with Crippen molar-refractivity contribution in [3.63, 3.8) is 0 Å². The highest BCUT2D eigenvalue weighted by molar-refractivity contribution is 7.80. The summed E-state index contributed by atoms with van der Waals surface area (Å²) in [5.74, 6) is 1.28. The highest BCUT2D eigenvalue weighted by Crippen LogP contribution is 2.39. The number of rotatable bonds is 2. The lowest BCUT2D eigenvalue weighted by Gasteiger charge is -2.34. The van der Waals surface area contributed by atoms with Crippen LogP contribution in [0.5, 0.6) is 0 Å². The molecule has 3 N–H and O–H groups in total. The van der Waals surface area contributed by atoms with E-state index in [4.69, 9.17) is 18.0 Å².